The summed E-state index contributed by atoms with van der Waals surface area (Å²) in [6.07, 6.45) is 1.33. The van der Waals surface area contributed by atoms with Gasteiger partial charge in [-0.25, -0.2) is 0 Å². The van der Waals surface area contributed by atoms with Gasteiger partial charge in [0.25, 0.3) is 5.69 Å². The zero-order valence-corrected chi connectivity index (χ0v) is 11.7. The molecule has 0 saturated heterocycles. The van der Waals surface area contributed by atoms with Crippen molar-refractivity contribution in [3.05, 3.63) is 52.6 Å². The van der Waals surface area contributed by atoms with Crippen molar-refractivity contribution in [2.24, 2.45) is 0 Å². The number of nitro groups is 1. The quantitative estimate of drug-likeness (QED) is 0.261. The SMILES string of the molecule is C=CCC(C(=O)OC)(C(=O)OC)c1ccc([N+](=O)[O-])cc1. The Kier molecular flexibility index (Phi) is 5.18. The number of hydrogen-bond donors (Lipinski definition) is 0. The highest BCUT2D eigenvalue weighted by Gasteiger charge is 2.49. The molecule has 0 radical (unpaired) electrons. The van der Waals surface area contributed by atoms with Crippen LogP contribution >= 0.6 is 0 Å². The van der Waals surface area contributed by atoms with Gasteiger partial charge in [-0.3, -0.25) is 19.7 Å². The molecule has 1 aromatic rings. The number of benzene rings is 1. The van der Waals surface area contributed by atoms with E-state index in [-0.39, 0.29) is 17.7 Å². The first-order valence-corrected chi connectivity index (χ1v) is 5.96. The second-order valence-electron chi connectivity index (χ2n) is 4.19. The summed E-state index contributed by atoms with van der Waals surface area (Å²) in [5.41, 5.74) is -1.63. The number of carbonyl (C=O) groups is 2. The van der Waals surface area contributed by atoms with E-state index >= 15 is 0 Å². The van der Waals surface area contributed by atoms with Crippen LogP contribution in [0.2, 0.25) is 0 Å². The molecule has 0 atom stereocenters. The predicted molar refractivity (Wildman–Crippen MR) is 73.6 cm³/mol. The van der Waals surface area contributed by atoms with Crippen molar-refractivity contribution < 1.29 is 24.0 Å². The van der Waals surface area contributed by atoms with Gasteiger partial charge in [-0.1, -0.05) is 18.2 Å². The van der Waals surface area contributed by atoms with Crippen LogP contribution in [0.4, 0.5) is 5.69 Å². The maximum atomic E-state index is 12.1. The van der Waals surface area contributed by atoms with Gasteiger partial charge in [0.1, 0.15) is 0 Å². The maximum Gasteiger partial charge on any atom is 0.328 e. The Balaban J connectivity index is 3.47. The molecule has 0 bridgehead atoms. The summed E-state index contributed by atoms with van der Waals surface area (Å²) >= 11 is 0. The number of allylic oxidation sites excluding steroid dienone is 1. The lowest BCUT2D eigenvalue weighted by Gasteiger charge is -2.27. The molecule has 7 nitrogen and oxygen atoms in total. The third kappa shape index (κ3) is 2.91. The number of methoxy groups -OCH3 is 2. The van der Waals surface area contributed by atoms with Gasteiger partial charge >= 0.3 is 11.9 Å². The van der Waals surface area contributed by atoms with Gasteiger partial charge in [-0.2, -0.15) is 0 Å². The Morgan fingerprint density at radius 1 is 1.24 bits per heavy atom. The molecule has 7 heteroatoms. The highest BCUT2D eigenvalue weighted by atomic mass is 16.6. The summed E-state index contributed by atoms with van der Waals surface area (Å²) in [5, 5.41) is 10.7. The van der Waals surface area contributed by atoms with E-state index in [4.69, 9.17) is 9.47 Å². The minimum Gasteiger partial charge on any atom is -0.468 e. The summed E-state index contributed by atoms with van der Waals surface area (Å²) in [7, 11) is 2.29. The molecular formula is C14H15NO6. The Morgan fingerprint density at radius 2 is 1.71 bits per heavy atom. The highest BCUT2D eigenvalue weighted by Crippen LogP contribution is 2.33. The van der Waals surface area contributed by atoms with Crippen LogP contribution in [0, 0.1) is 10.1 Å². The molecule has 0 aliphatic heterocycles. The first-order chi connectivity index (χ1) is 9.93. The van der Waals surface area contributed by atoms with Crippen LogP contribution in [0.5, 0.6) is 0 Å². The van der Waals surface area contributed by atoms with E-state index in [2.05, 4.69) is 6.58 Å². The average Bonchev–Trinajstić information content (AvgIpc) is 2.51. The molecule has 0 aliphatic rings. The topological polar surface area (TPSA) is 95.7 Å². The molecule has 112 valence electrons. The van der Waals surface area contributed by atoms with Crippen molar-refractivity contribution >= 4 is 17.6 Å². The van der Waals surface area contributed by atoms with Gasteiger partial charge in [0.2, 0.25) is 0 Å². The fourth-order valence-electron chi connectivity index (χ4n) is 2.04. The molecule has 0 heterocycles. The molecule has 0 unspecified atom stereocenters. The summed E-state index contributed by atoms with van der Waals surface area (Å²) in [6, 6.07) is 5.07. The van der Waals surface area contributed by atoms with Gasteiger partial charge in [0, 0.05) is 12.1 Å². The normalized spacial score (nSPS) is 10.6. The first kappa shape index (κ1) is 16.4. The Morgan fingerprint density at radius 3 is 2.05 bits per heavy atom. The second-order valence-corrected chi connectivity index (χ2v) is 4.19. The highest BCUT2D eigenvalue weighted by molar-refractivity contribution is 6.06. The minimum absolute atomic E-state index is 0.0514. The molecule has 0 N–H and O–H groups in total. The summed E-state index contributed by atoms with van der Waals surface area (Å²) in [6.45, 7) is 3.53. The first-order valence-electron chi connectivity index (χ1n) is 5.96. The van der Waals surface area contributed by atoms with Crippen LogP contribution in [0.15, 0.2) is 36.9 Å². The van der Waals surface area contributed by atoms with Crippen LogP contribution in [0.1, 0.15) is 12.0 Å². The van der Waals surface area contributed by atoms with Gasteiger partial charge < -0.3 is 9.47 Å². The van der Waals surface area contributed by atoms with Crippen molar-refractivity contribution in [2.75, 3.05) is 14.2 Å². The van der Waals surface area contributed by atoms with Crippen LogP contribution in [0.3, 0.4) is 0 Å². The minimum atomic E-state index is -1.72. The van der Waals surface area contributed by atoms with Crippen molar-refractivity contribution in [2.45, 2.75) is 11.8 Å². The fourth-order valence-corrected chi connectivity index (χ4v) is 2.04. The van der Waals surface area contributed by atoms with E-state index < -0.39 is 22.3 Å². The van der Waals surface area contributed by atoms with Gasteiger partial charge in [-0.05, 0) is 12.0 Å². The molecular weight excluding hydrogens is 278 g/mol. The lowest BCUT2D eigenvalue weighted by Crippen LogP contribution is -2.45. The Bertz CT molecular complexity index is 547. The number of esters is 2. The molecule has 0 amide bonds. The fraction of sp³-hybridized carbons (Fsp3) is 0.286. The molecule has 1 aromatic carbocycles. The van der Waals surface area contributed by atoms with E-state index in [1.54, 1.807) is 0 Å². The van der Waals surface area contributed by atoms with E-state index in [1.165, 1.54) is 30.3 Å². The number of carbonyl (C=O) groups excluding carboxylic acids is 2. The Hall–Kier alpha value is -2.70. The van der Waals surface area contributed by atoms with Crippen LogP contribution in [0.25, 0.3) is 0 Å². The van der Waals surface area contributed by atoms with Crippen molar-refractivity contribution in [1.29, 1.82) is 0 Å². The van der Waals surface area contributed by atoms with E-state index in [0.29, 0.717) is 0 Å². The third-order valence-electron chi connectivity index (χ3n) is 3.09. The summed E-state index contributed by atoms with van der Waals surface area (Å²) < 4.78 is 9.40. The Labute approximate surface area is 121 Å². The molecule has 0 aliphatic carbocycles. The second kappa shape index (κ2) is 6.65. The lowest BCUT2D eigenvalue weighted by atomic mass is 9.77. The smallest absolute Gasteiger partial charge is 0.328 e. The zero-order valence-electron chi connectivity index (χ0n) is 11.7. The molecule has 21 heavy (non-hydrogen) atoms. The third-order valence-corrected chi connectivity index (χ3v) is 3.09. The van der Waals surface area contributed by atoms with Crippen LogP contribution < -0.4 is 0 Å². The predicted octanol–water partition coefficient (Wildman–Crippen LogP) is 1.75. The largest absolute Gasteiger partial charge is 0.468 e. The van der Waals surface area contributed by atoms with Gasteiger partial charge in [0.05, 0.1) is 19.1 Å². The molecule has 0 saturated carbocycles. The number of rotatable bonds is 6. The molecule has 0 aromatic heterocycles. The average molecular weight is 293 g/mol. The summed E-state index contributed by atoms with van der Waals surface area (Å²) in [4.78, 5) is 34.4. The van der Waals surface area contributed by atoms with E-state index in [9.17, 15) is 19.7 Å². The number of non-ortho nitro benzene ring substituents is 1. The molecule has 0 fully saturated rings. The van der Waals surface area contributed by atoms with Crippen molar-refractivity contribution in [3.8, 4) is 0 Å². The number of nitro benzene ring substituents is 1. The van der Waals surface area contributed by atoms with Crippen LogP contribution in [-0.2, 0) is 24.5 Å². The van der Waals surface area contributed by atoms with Gasteiger partial charge in [0.15, 0.2) is 5.41 Å². The number of nitrogens with zero attached hydrogens (tertiary/aromatic N) is 1. The number of hydrogen-bond acceptors (Lipinski definition) is 6. The number of ether oxygens (including phenoxy) is 2. The monoisotopic (exact) mass is 293 g/mol. The maximum absolute atomic E-state index is 12.1. The molecule has 1 rings (SSSR count). The van der Waals surface area contributed by atoms with Gasteiger partial charge in [-0.15, -0.1) is 6.58 Å². The van der Waals surface area contributed by atoms with E-state index in [0.717, 1.165) is 14.2 Å². The van der Waals surface area contributed by atoms with E-state index in [1.807, 2.05) is 0 Å². The zero-order chi connectivity index (χ0) is 16.0. The van der Waals surface area contributed by atoms with Crippen LogP contribution in [-0.4, -0.2) is 31.1 Å². The molecule has 0 spiro atoms. The summed E-state index contributed by atoms with van der Waals surface area (Å²) in [5.74, 6) is -1.63. The van der Waals surface area contributed by atoms with Crippen molar-refractivity contribution in [3.63, 3.8) is 0 Å². The van der Waals surface area contributed by atoms with Crippen molar-refractivity contribution in [1.82, 2.24) is 0 Å². The lowest BCUT2D eigenvalue weighted by molar-refractivity contribution is -0.384. The standard InChI is InChI=1S/C14H15NO6/c1-4-9-14(12(16)20-2,13(17)21-3)10-5-7-11(8-6-10)15(18)19/h4-8H,1,9H2,2-3H3.